The fraction of sp³-hybridized carbons (Fsp3) is 1.00. The van der Waals surface area contributed by atoms with Crippen LogP contribution in [0.1, 0.15) is 0 Å². The van der Waals surface area contributed by atoms with E-state index in [0.29, 0.717) is 0 Å². The van der Waals surface area contributed by atoms with Crippen molar-refractivity contribution in [3.05, 3.63) is 0 Å². The Bertz CT molecular complexity index is 184. The molecule has 0 aromatic carbocycles. The molecule has 0 aromatic heterocycles. The van der Waals surface area contributed by atoms with Crippen LogP contribution in [-0.4, -0.2) is 66.1 Å². The van der Waals surface area contributed by atoms with Gasteiger partial charge in [-0.3, -0.25) is 0 Å². The molecule has 0 bridgehead atoms. The quantitative estimate of drug-likeness (QED) is 0.393. The van der Waals surface area contributed by atoms with Crippen LogP contribution in [0, 0.1) is 0 Å². The van der Waals surface area contributed by atoms with Gasteiger partial charge in [-0.25, -0.2) is 0 Å². The summed E-state index contributed by atoms with van der Waals surface area (Å²) in [5.41, 5.74) is 0. The number of hydrogen-bond acceptors (Lipinski definition) is 3. The van der Waals surface area contributed by atoms with E-state index < -0.39 is 16.8 Å². The average molecular weight is 187 g/mol. The maximum absolute atomic E-state index is 10.7. The Morgan fingerprint density at radius 1 is 1.22 bits per heavy atom. The fourth-order valence-electron chi connectivity index (χ4n) is 0.0845. The first kappa shape index (κ1) is 12.7. The van der Waals surface area contributed by atoms with Crippen LogP contribution in [0.2, 0.25) is 0 Å². The molecule has 0 radical (unpaired) electrons. The molecule has 0 fully saturated rings. The van der Waals surface area contributed by atoms with Gasteiger partial charge in [-0.15, -0.1) is 13.2 Å². The van der Waals surface area contributed by atoms with Crippen molar-refractivity contribution in [2.45, 2.75) is 6.30 Å². The van der Waals surface area contributed by atoms with E-state index in [1.165, 1.54) is 4.36 Å². The summed E-state index contributed by atoms with van der Waals surface area (Å²) in [4.78, 5) is 0. The van der Waals surface area contributed by atoms with Gasteiger partial charge in [0.1, 0.15) is 0 Å². The van der Waals surface area contributed by atoms with Gasteiger partial charge in [0, 0.05) is 0 Å². The second kappa shape index (κ2) is 4.80. The van der Waals surface area contributed by atoms with E-state index in [1.54, 1.807) is 0 Å². The standard InChI is InChI=1S/CF3NO2S.K.H/c2-1(3,4)5-8(6)7;;. The summed E-state index contributed by atoms with van der Waals surface area (Å²) in [5, 5.41) is 0. The Balaban J connectivity index is 0. The molecule has 0 amide bonds. The second-order valence-corrected chi connectivity index (χ2v) is 1.39. The Labute approximate surface area is 92.8 Å². The zero-order valence-corrected chi connectivity index (χ0v) is 4.12. The monoisotopic (exact) mass is 187 g/mol. The molecular weight excluding hydrogens is 186 g/mol. The molecule has 8 heteroatoms. The molecule has 0 unspecified atom stereocenters. The minimum absolute atomic E-state index is 0. The summed E-state index contributed by atoms with van der Waals surface area (Å²) in [5.74, 6) is 0. The minimum atomic E-state index is -4.97. The molecule has 0 aliphatic heterocycles. The molecule has 0 aromatic rings. The number of nitrogens with zero attached hydrogens (tertiary/aromatic N) is 1. The molecule has 0 rings (SSSR count). The van der Waals surface area contributed by atoms with Crippen molar-refractivity contribution >= 4 is 61.9 Å². The van der Waals surface area contributed by atoms with Gasteiger partial charge < -0.3 is 0 Å². The van der Waals surface area contributed by atoms with Crippen LogP contribution in [0.4, 0.5) is 13.2 Å². The molecule has 9 heavy (non-hydrogen) atoms. The van der Waals surface area contributed by atoms with E-state index in [4.69, 9.17) is 8.42 Å². The van der Waals surface area contributed by atoms with Gasteiger partial charge in [-0.05, 0) is 0 Å². The van der Waals surface area contributed by atoms with Crippen LogP contribution in [0.5, 0.6) is 0 Å². The molecule has 0 saturated heterocycles. The summed E-state index contributed by atoms with van der Waals surface area (Å²) in [6, 6.07) is 0. The summed E-state index contributed by atoms with van der Waals surface area (Å²) >= 11 is 0. The number of halogens is 3. The number of rotatable bonds is 0. The Morgan fingerprint density at radius 3 is 1.56 bits per heavy atom. The molecule has 50 valence electrons. The van der Waals surface area contributed by atoms with E-state index in [9.17, 15) is 13.2 Å². The Hall–Kier alpha value is 1.05. The van der Waals surface area contributed by atoms with Gasteiger partial charge in [-0.2, -0.15) is 8.42 Å². The van der Waals surface area contributed by atoms with Crippen LogP contribution in [0.3, 0.4) is 0 Å². The predicted molar refractivity (Wildman–Crippen MR) is 24.6 cm³/mol. The Kier molecular flexibility index (Phi) is 6.77. The zero-order valence-electron chi connectivity index (χ0n) is 3.31. The van der Waals surface area contributed by atoms with E-state index in [-0.39, 0.29) is 51.4 Å². The molecule has 0 N–H and O–H groups in total. The molecule has 0 atom stereocenters. The zero-order chi connectivity index (χ0) is 6.78. The van der Waals surface area contributed by atoms with Crippen molar-refractivity contribution in [1.82, 2.24) is 0 Å². The Morgan fingerprint density at radius 2 is 1.56 bits per heavy atom. The second-order valence-electron chi connectivity index (χ2n) is 0.776. The first-order chi connectivity index (χ1) is 3.42. The summed E-state index contributed by atoms with van der Waals surface area (Å²) in [6.45, 7) is 0. The summed E-state index contributed by atoms with van der Waals surface area (Å²) in [7, 11) is -3.39. The van der Waals surface area contributed by atoms with E-state index >= 15 is 0 Å². The molecule has 0 saturated carbocycles. The van der Waals surface area contributed by atoms with Gasteiger partial charge in [0.05, 0.1) is 0 Å². The van der Waals surface area contributed by atoms with Crippen molar-refractivity contribution in [1.29, 1.82) is 0 Å². The van der Waals surface area contributed by atoms with Gasteiger partial charge >= 0.3 is 68.2 Å². The molecule has 3 nitrogen and oxygen atoms in total. The third-order valence-corrected chi connectivity index (χ3v) is 0.534. The first-order valence-corrected chi connectivity index (χ1v) is 2.34. The van der Waals surface area contributed by atoms with E-state index in [0.717, 1.165) is 0 Å². The van der Waals surface area contributed by atoms with Crippen LogP contribution < -0.4 is 0 Å². The number of hydrogen-bond donors (Lipinski definition) is 0. The van der Waals surface area contributed by atoms with E-state index in [1.807, 2.05) is 0 Å². The van der Waals surface area contributed by atoms with Crippen LogP contribution in [0.25, 0.3) is 0 Å². The molecule has 0 heterocycles. The topological polar surface area (TPSA) is 46.5 Å². The van der Waals surface area contributed by atoms with Crippen molar-refractivity contribution in [2.75, 3.05) is 0 Å². The fourth-order valence-corrected chi connectivity index (χ4v) is 0.254. The van der Waals surface area contributed by atoms with Crippen molar-refractivity contribution in [2.24, 2.45) is 4.36 Å². The van der Waals surface area contributed by atoms with Gasteiger partial charge in [0.15, 0.2) is 0 Å². The van der Waals surface area contributed by atoms with E-state index in [2.05, 4.69) is 0 Å². The molecule has 0 aliphatic rings. The average Bonchev–Trinajstić information content (AvgIpc) is 1.21. The van der Waals surface area contributed by atoms with Gasteiger partial charge in [0.25, 0.3) is 0 Å². The van der Waals surface area contributed by atoms with Crippen LogP contribution >= 0.6 is 0 Å². The summed E-state index contributed by atoms with van der Waals surface area (Å²) in [6.07, 6.45) is -4.97. The molecule has 0 aliphatic carbocycles. The van der Waals surface area contributed by atoms with Crippen molar-refractivity contribution < 1.29 is 21.6 Å². The number of alkyl halides is 3. The van der Waals surface area contributed by atoms with Crippen molar-refractivity contribution in [3.8, 4) is 0 Å². The third-order valence-electron chi connectivity index (χ3n) is 0.178. The third kappa shape index (κ3) is 12.3. The normalized spacial score (nSPS) is 9.67. The SMILES string of the molecule is O=S(=O)=NC(F)(F)F.[KH]. The molecule has 0 spiro atoms. The van der Waals surface area contributed by atoms with Crippen molar-refractivity contribution in [3.63, 3.8) is 0 Å². The van der Waals surface area contributed by atoms with Crippen LogP contribution in [-0.2, 0) is 10.5 Å². The predicted octanol–water partition coefficient (Wildman–Crippen LogP) is -0.0796. The van der Waals surface area contributed by atoms with Gasteiger partial charge in [-0.1, -0.05) is 4.36 Å². The van der Waals surface area contributed by atoms with Crippen LogP contribution in [0.15, 0.2) is 4.36 Å². The molecular formula is CHF3KNO2S. The summed E-state index contributed by atoms with van der Waals surface area (Å²) < 4.78 is 51.8. The first-order valence-electron chi connectivity index (χ1n) is 1.31. The maximum atomic E-state index is 10.7. The van der Waals surface area contributed by atoms with Gasteiger partial charge in [0.2, 0.25) is 0 Å².